The summed E-state index contributed by atoms with van der Waals surface area (Å²) in [6.45, 7) is -0.272. The number of aliphatic carboxylic acids is 1. The van der Waals surface area contributed by atoms with Gasteiger partial charge in [0, 0.05) is 12.3 Å². The second-order valence-electron chi connectivity index (χ2n) is 7.85. The van der Waals surface area contributed by atoms with Gasteiger partial charge in [-0.1, -0.05) is 48.5 Å². The summed E-state index contributed by atoms with van der Waals surface area (Å²) in [5, 5.41) is 12.0. The van der Waals surface area contributed by atoms with E-state index in [0.717, 1.165) is 22.3 Å². The molecule has 0 heterocycles. The van der Waals surface area contributed by atoms with Crippen molar-refractivity contribution in [3.63, 3.8) is 0 Å². The Morgan fingerprint density at radius 1 is 0.943 bits per heavy atom. The van der Waals surface area contributed by atoms with Gasteiger partial charge in [-0.05, 0) is 22.3 Å². The number of hydrogen-bond acceptors (Lipinski definition) is 4. The van der Waals surface area contributed by atoms with Crippen LogP contribution in [0, 0.1) is 0 Å². The molecule has 2 atom stereocenters. The molecule has 2 aromatic rings. The normalized spacial score (nSPS) is 14.6. The molecule has 0 bridgehead atoms. The Labute approximate surface area is 196 Å². The van der Waals surface area contributed by atoms with Crippen molar-refractivity contribution in [2.75, 3.05) is 6.61 Å². The van der Waals surface area contributed by atoms with Crippen molar-refractivity contribution in [2.45, 2.75) is 43.4 Å². The Hall–Kier alpha value is -3.70. The number of fused-ring (bicyclic) bond motifs is 3. The number of carbonyl (C=O) groups excluding carboxylic acids is 2. The Morgan fingerprint density at radius 2 is 1.49 bits per heavy atom. The number of ether oxygens (including phenoxy) is 1. The second kappa shape index (κ2) is 10.7. The highest BCUT2D eigenvalue weighted by Crippen LogP contribution is 2.44. The van der Waals surface area contributed by atoms with Crippen LogP contribution in [0.15, 0.2) is 48.5 Å². The van der Waals surface area contributed by atoms with Crippen LogP contribution in [-0.2, 0) is 14.3 Å². The van der Waals surface area contributed by atoms with Crippen LogP contribution in [0.25, 0.3) is 11.1 Å². The first-order chi connectivity index (χ1) is 16.5. The van der Waals surface area contributed by atoms with Crippen LogP contribution in [0.1, 0.15) is 29.9 Å². The summed E-state index contributed by atoms with van der Waals surface area (Å²) in [6, 6.07) is 9.84. The number of nitrogens with one attached hydrogen (secondary N) is 2. The second-order valence-corrected chi connectivity index (χ2v) is 7.85. The monoisotopic (exact) mass is 500 g/mol. The maximum absolute atomic E-state index is 13.4. The fraction of sp³-hybridized carbons (Fsp3) is 0.348. The van der Waals surface area contributed by atoms with Gasteiger partial charge in [-0.2, -0.15) is 13.2 Å². The van der Waals surface area contributed by atoms with E-state index in [2.05, 4.69) is 0 Å². The van der Waals surface area contributed by atoms with Crippen LogP contribution in [0.5, 0.6) is 0 Å². The van der Waals surface area contributed by atoms with E-state index in [1.54, 1.807) is 22.8 Å². The number of benzene rings is 2. The number of amides is 2. The van der Waals surface area contributed by atoms with Crippen molar-refractivity contribution in [1.82, 2.24) is 10.6 Å². The van der Waals surface area contributed by atoms with Crippen LogP contribution in [0.3, 0.4) is 0 Å². The summed E-state index contributed by atoms with van der Waals surface area (Å²) in [4.78, 5) is 35.0. The average molecular weight is 500 g/mol. The summed E-state index contributed by atoms with van der Waals surface area (Å²) < 4.78 is 70.1. The van der Waals surface area contributed by atoms with Crippen molar-refractivity contribution in [2.24, 2.45) is 0 Å². The number of alkyl carbamates (subject to hydrolysis) is 1. The van der Waals surface area contributed by atoms with Gasteiger partial charge in [0.15, 0.2) is 0 Å². The van der Waals surface area contributed by atoms with Crippen LogP contribution in [-0.4, -0.2) is 54.4 Å². The Morgan fingerprint density at radius 3 is 1.97 bits per heavy atom. The number of carbonyl (C=O) groups is 3. The lowest BCUT2D eigenvalue weighted by molar-refractivity contribution is -0.161. The Bertz CT molecular complexity index is 1050. The molecular formula is C23H21F5N2O5. The molecule has 1 aliphatic rings. The van der Waals surface area contributed by atoms with Crippen molar-refractivity contribution in [1.29, 1.82) is 0 Å². The summed E-state index contributed by atoms with van der Waals surface area (Å²) in [6.07, 6.45) is -12.3. The van der Waals surface area contributed by atoms with Gasteiger partial charge in [-0.15, -0.1) is 0 Å². The third-order valence-electron chi connectivity index (χ3n) is 5.47. The molecule has 0 aliphatic heterocycles. The van der Waals surface area contributed by atoms with Crippen LogP contribution < -0.4 is 10.6 Å². The number of rotatable bonds is 9. The highest BCUT2D eigenvalue weighted by Gasteiger charge is 2.43. The number of carboxylic acid groups (broad SMARTS) is 1. The molecule has 0 radical (unpaired) electrons. The van der Waals surface area contributed by atoms with Gasteiger partial charge in [-0.25, -0.2) is 18.4 Å². The molecule has 0 saturated heterocycles. The standard InChI is InChI=1S/C23H21F5N2O5/c24-19(25)9-17(21(32)33)29-20(31)10-18(23(26,27)28)30-22(34)35-11-16-14-7-3-1-5-12(14)13-6-2-4-8-15(13)16/h1-8,16-19H,9-11H2,(H,29,31)(H,30,34)(H,32,33). The molecule has 35 heavy (non-hydrogen) atoms. The molecule has 0 fully saturated rings. The molecule has 2 amide bonds. The number of alkyl halides is 5. The predicted molar refractivity (Wildman–Crippen MR) is 113 cm³/mol. The lowest BCUT2D eigenvalue weighted by Crippen LogP contribution is -2.50. The zero-order valence-electron chi connectivity index (χ0n) is 18.0. The molecule has 2 aromatic carbocycles. The van der Waals surface area contributed by atoms with E-state index in [0.29, 0.717) is 0 Å². The molecule has 0 spiro atoms. The quantitative estimate of drug-likeness (QED) is 0.451. The van der Waals surface area contributed by atoms with E-state index in [4.69, 9.17) is 9.84 Å². The fourth-order valence-corrected chi connectivity index (χ4v) is 3.87. The minimum Gasteiger partial charge on any atom is -0.480 e. The Kier molecular flexibility index (Phi) is 7.92. The summed E-state index contributed by atoms with van der Waals surface area (Å²) in [5.41, 5.74) is 3.51. The fourth-order valence-electron chi connectivity index (χ4n) is 3.87. The van der Waals surface area contributed by atoms with Gasteiger partial charge in [0.1, 0.15) is 18.7 Å². The van der Waals surface area contributed by atoms with Crippen LogP contribution >= 0.6 is 0 Å². The van der Waals surface area contributed by atoms with Crippen molar-refractivity contribution in [3.8, 4) is 11.1 Å². The molecular weight excluding hydrogens is 479 g/mol. The molecule has 0 aromatic heterocycles. The highest BCUT2D eigenvalue weighted by molar-refractivity contribution is 5.84. The van der Waals surface area contributed by atoms with E-state index >= 15 is 0 Å². The number of halogens is 5. The average Bonchev–Trinajstić information content (AvgIpc) is 3.09. The van der Waals surface area contributed by atoms with Crippen LogP contribution in [0.4, 0.5) is 26.7 Å². The van der Waals surface area contributed by atoms with Gasteiger partial charge in [0.2, 0.25) is 12.3 Å². The molecule has 188 valence electrons. The third-order valence-corrected chi connectivity index (χ3v) is 5.47. The van der Waals surface area contributed by atoms with E-state index in [-0.39, 0.29) is 6.61 Å². The zero-order chi connectivity index (χ0) is 25.8. The van der Waals surface area contributed by atoms with Gasteiger partial charge in [0.05, 0.1) is 6.42 Å². The maximum Gasteiger partial charge on any atom is 0.409 e. The van der Waals surface area contributed by atoms with Crippen LogP contribution in [0.2, 0.25) is 0 Å². The van der Waals surface area contributed by atoms with Crippen molar-refractivity contribution in [3.05, 3.63) is 59.7 Å². The topological polar surface area (TPSA) is 105 Å². The molecule has 12 heteroatoms. The third kappa shape index (κ3) is 6.46. The number of hydrogen-bond donors (Lipinski definition) is 3. The molecule has 7 nitrogen and oxygen atoms in total. The van der Waals surface area contributed by atoms with Crippen molar-refractivity contribution >= 4 is 18.0 Å². The highest BCUT2D eigenvalue weighted by atomic mass is 19.4. The first-order valence-corrected chi connectivity index (χ1v) is 10.5. The summed E-state index contributed by atoms with van der Waals surface area (Å²) >= 11 is 0. The number of carboxylic acids is 1. The van der Waals surface area contributed by atoms with Gasteiger partial charge < -0.3 is 20.5 Å². The summed E-state index contributed by atoms with van der Waals surface area (Å²) in [7, 11) is 0. The van der Waals surface area contributed by atoms with Gasteiger partial charge >= 0.3 is 18.2 Å². The molecule has 3 rings (SSSR count). The molecule has 2 unspecified atom stereocenters. The largest absolute Gasteiger partial charge is 0.480 e. The lowest BCUT2D eigenvalue weighted by atomic mass is 9.98. The first kappa shape index (κ1) is 25.9. The lowest BCUT2D eigenvalue weighted by Gasteiger charge is -2.23. The molecule has 3 N–H and O–H groups in total. The Balaban J connectivity index is 1.64. The minimum absolute atomic E-state index is 0.272. The predicted octanol–water partition coefficient (Wildman–Crippen LogP) is 4.07. The zero-order valence-corrected chi connectivity index (χ0v) is 18.0. The first-order valence-electron chi connectivity index (χ1n) is 10.5. The van der Waals surface area contributed by atoms with E-state index in [1.807, 2.05) is 36.4 Å². The summed E-state index contributed by atoms with van der Waals surface area (Å²) in [5.74, 6) is -3.71. The SMILES string of the molecule is O=C(CC(NC(=O)OCC1c2ccccc2-c2ccccc21)C(F)(F)F)NC(CC(F)F)C(=O)O. The smallest absolute Gasteiger partial charge is 0.409 e. The van der Waals surface area contributed by atoms with Gasteiger partial charge in [-0.3, -0.25) is 4.79 Å². The molecule has 1 aliphatic carbocycles. The van der Waals surface area contributed by atoms with E-state index in [9.17, 15) is 36.3 Å². The molecule has 0 saturated carbocycles. The maximum atomic E-state index is 13.4. The van der Waals surface area contributed by atoms with E-state index in [1.165, 1.54) is 0 Å². The van der Waals surface area contributed by atoms with Gasteiger partial charge in [0.25, 0.3) is 0 Å². The van der Waals surface area contributed by atoms with Crippen molar-refractivity contribution < 1.29 is 46.2 Å². The van der Waals surface area contributed by atoms with E-state index < -0.39 is 61.4 Å². The minimum atomic E-state index is -5.09.